The van der Waals surface area contributed by atoms with E-state index >= 15 is 0 Å². The molecule has 0 spiro atoms. The molecule has 0 saturated heterocycles. The number of benzene rings is 1. The van der Waals surface area contributed by atoms with E-state index in [2.05, 4.69) is 41.9 Å². The average molecular weight is 483 g/mol. The van der Waals surface area contributed by atoms with Gasteiger partial charge in [-0.1, -0.05) is 37.8 Å². The highest BCUT2D eigenvalue weighted by molar-refractivity contribution is 6.31. The minimum absolute atomic E-state index is 0.0490. The lowest BCUT2D eigenvalue weighted by Crippen LogP contribution is -2.47. The Morgan fingerprint density at radius 1 is 1.18 bits per heavy atom. The summed E-state index contributed by atoms with van der Waals surface area (Å²) in [5, 5.41) is 3.90. The molecule has 34 heavy (non-hydrogen) atoms. The molecule has 0 unspecified atom stereocenters. The fourth-order valence-electron chi connectivity index (χ4n) is 5.68. The molecule has 0 atom stereocenters. The minimum Gasteiger partial charge on any atom is -0.464 e. The zero-order chi connectivity index (χ0) is 23.9. The molecule has 5 nitrogen and oxygen atoms in total. The number of rotatable bonds is 8. The van der Waals surface area contributed by atoms with Crippen molar-refractivity contribution in [2.24, 2.45) is 5.92 Å². The molecule has 1 N–H and O–H groups in total. The quantitative estimate of drug-likeness (QED) is 0.457. The second-order valence-electron chi connectivity index (χ2n) is 10.9. The van der Waals surface area contributed by atoms with Gasteiger partial charge in [-0.25, -0.2) is 0 Å². The van der Waals surface area contributed by atoms with Crippen molar-refractivity contribution in [3.8, 4) is 11.3 Å². The van der Waals surface area contributed by atoms with E-state index in [0.29, 0.717) is 25.2 Å². The molecule has 2 aromatic rings. The molecule has 3 saturated carbocycles. The Bertz CT molecular complexity index is 1080. The van der Waals surface area contributed by atoms with Gasteiger partial charge >= 0.3 is 0 Å². The standard InChI is InChI=1S/C28H35ClN2O3/c1-18-25(27(33)30-23-13-24(14-23)34-17-32)15-26(31(18)16-19-6-4-3-5-7-19)20-10-21(12-22(29)11-20)28(2)8-9-28/h10-12,15,17,19,23-24H,3-9,13-14,16H2,1-2H3,(H,30,33)/t23-,24-. The zero-order valence-electron chi connectivity index (χ0n) is 20.2. The third-order valence-corrected chi connectivity index (χ3v) is 8.56. The number of nitrogens with one attached hydrogen (secondary N) is 1. The average Bonchev–Trinajstić information content (AvgIpc) is 3.47. The molecule has 0 radical (unpaired) electrons. The molecule has 3 aliphatic rings. The van der Waals surface area contributed by atoms with Crippen LogP contribution in [0, 0.1) is 12.8 Å². The normalized spacial score (nSPS) is 23.7. The molecular weight excluding hydrogens is 448 g/mol. The van der Waals surface area contributed by atoms with Crippen LogP contribution in [0.1, 0.15) is 86.3 Å². The maximum atomic E-state index is 13.3. The van der Waals surface area contributed by atoms with Crippen LogP contribution in [0.15, 0.2) is 24.3 Å². The summed E-state index contributed by atoms with van der Waals surface area (Å²) in [5.41, 5.74) is 5.43. The van der Waals surface area contributed by atoms with E-state index in [4.69, 9.17) is 16.3 Å². The number of ether oxygens (including phenoxy) is 1. The Morgan fingerprint density at radius 2 is 1.91 bits per heavy atom. The third kappa shape index (κ3) is 4.77. The zero-order valence-corrected chi connectivity index (χ0v) is 21.0. The van der Waals surface area contributed by atoms with Gasteiger partial charge in [-0.2, -0.15) is 0 Å². The summed E-state index contributed by atoms with van der Waals surface area (Å²) in [5.74, 6) is 0.592. The van der Waals surface area contributed by atoms with Crippen LogP contribution in [0.4, 0.5) is 0 Å². The Hall–Kier alpha value is -2.27. The Morgan fingerprint density at radius 3 is 2.59 bits per heavy atom. The van der Waals surface area contributed by atoms with E-state index in [1.54, 1.807) is 0 Å². The maximum Gasteiger partial charge on any atom is 0.293 e. The maximum absolute atomic E-state index is 13.3. The van der Waals surface area contributed by atoms with Crippen LogP contribution in [-0.4, -0.2) is 29.1 Å². The highest BCUT2D eigenvalue weighted by Gasteiger charge is 2.39. The summed E-state index contributed by atoms with van der Waals surface area (Å²) in [6, 6.07) is 8.52. The molecule has 3 fully saturated rings. The smallest absolute Gasteiger partial charge is 0.293 e. The monoisotopic (exact) mass is 482 g/mol. The van der Waals surface area contributed by atoms with Crippen LogP contribution < -0.4 is 5.32 Å². The number of carbonyl (C=O) groups excluding carboxylic acids is 2. The van der Waals surface area contributed by atoms with Crippen LogP contribution in [0.5, 0.6) is 0 Å². The van der Waals surface area contributed by atoms with Gasteiger partial charge in [-0.3, -0.25) is 9.59 Å². The van der Waals surface area contributed by atoms with E-state index in [1.807, 2.05) is 6.07 Å². The summed E-state index contributed by atoms with van der Waals surface area (Å²) >= 11 is 6.60. The molecule has 1 heterocycles. The van der Waals surface area contributed by atoms with Gasteiger partial charge in [0.2, 0.25) is 0 Å². The first-order chi connectivity index (χ1) is 16.4. The number of amides is 1. The summed E-state index contributed by atoms with van der Waals surface area (Å²) in [6.07, 6.45) is 10.1. The van der Waals surface area contributed by atoms with Crippen molar-refractivity contribution >= 4 is 24.0 Å². The van der Waals surface area contributed by atoms with E-state index in [0.717, 1.165) is 34.1 Å². The molecule has 3 aliphatic carbocycles. The minimum atomic E-state index is -0.0796. The first kappa shape index (κ1) is 23.5. The topological polar surface area (TPSA) is 60.3 Å². The number of halogens is 1. The molecule has 1 aromatic carbocycles. The van der Waals surface area contributed by atoms with Gasteiger partial charge in [0.1, 0.15) is 6.10 Å². The van der Waals surface area contributed by atoms with Crippen molar-refractivity contribution in [1.82, 2.24) is 9.88 Å². The van der Waals surface area contributed by atoms with E-state index < -0.39 is 0 Å². The second-order valence-corrected chi connectivity index (χ2v) is 11.4. The Labute approximate surface area is 207 Å². The number of hydrogen-bond acceptors (Lipinski definition) is 3. The molecular formula is C28H35ClN2O3. The van der Waals surface area contributed by atoms with Crippen molar-refractivity contribution in [2.45, 2.75) is 95.7 Å². The van der Waals surface area contributed by atoms with E-state index in [-0.39, 0.29) is 23.5 Å². The van der Waals surface area contributed by atoms with Crippen molar-refractivity contribution in [1.29, 1.82) is 0 Å². The predicted molar refractivity (Wildman–Crippen MR) is 134 cm³/mol. The lowest BCUT2D eigenvalue weighted by molar-refractivity contribution is -0.138. The molecule has 0 aliphatic heterocycles. The lowest BCUT2D eigenvalue weighted by atomic mass is 9.89. The van der Waals surface area contributed by atoms with Gasteiger partial charge in [0.25, 0.3) is 12.4 Å². The second kappa shape index (κ2) is 9.41. The Kier molecular flexibility index (Phi) is 6.49. The highest BCUT2D eigenvalue weighted by atomic mass is 35.5. The third-order valence-electron chi connectivity index (χ3n) is 8.35. The fraction of sp³-hybridized carbons (Fsp3) is 0.571. The molecule has 1 amide bonds. The summed E-state index contributed by atoms with van der Waals surface area (Å²) in [4.78, 5) is 23.8. The van der Waals surface area contributed by atoms with Gasteiger partial charge in [0.05, 0.1) is 5.56 Å². The predicted octanol–water partition coefficient (Wildman–Crippen LogP) is 6.18. The largest absolute Gasteiger partial charge is 0.464 e. The van der Waals surface area contributed by atoms with Gasteiger partial charge in [-0.15, -0.1) is 0 Å². The van der Waals surface area contributed by atoms with Crippen molar-refractivity contribution in [3.05, 3.63) is 46.1 Å². The molecule has 1 aromatic heterocycles. The lowest BCUT2D eigenvalue weighted by Gasteiger charge is -2.34. The first-order valence-electron chi connectivity index (χ1n) is 12.8. The highest BCUT2D eigenvalue weighted by Crippen LogP contribution is 2.49. The van der Waals surface area contributed by atoms with Crippen LogP contribution in [-0.2, 0) is 21.5 Å². The van der Waals surface area contributed by atoms with E-state index in [9.17, 15) is 9.59 Å². The Balaban J connectivity index is 1.45. The van der Waals surface area contributed by atoms with Crippen molar-refractivity contribution < 1.29 is 14.3 Å². The van der Waals surface area contributed by atoms with Crippen LogP contribution in [0.3, 0.4) is 0 Å². The van der Waals surface area contributed by atoms with E-state index in [1.165, 1.54) is 50.5 Å². The molecule has 5 rings (SSSR count). The van der Waals surface area contributed by atoms with Gasteiger partial charge in [0, 0.05) is 41.8 Å². The number of hydrogen-bond donors (Lipinski definition) is 1. The number of aromatic nitrogens is 1. The SMILES string of the molecule is Cc1c(C(=O)N[C@H]2C[C@H](OC=O)C2)cc(-c2cc(Cl)cc(C3(C)CC3)c2)n1CC1CCCCC1. The van der Waals surface area contributed by atoms with Crippen LogP contribution >= 0.6 is 11.6 Å². The van der Waals surface area contributed by atoms with Gasteiger partial charge in [0.15, 0.2) is 0 Å². The molecule has 0 bridgehead atoms. The molecule has 182 valence electrons. The molecule has 6 heteroatoms. The summed E-state index contributed by atoms with van der Waals surface area (Å²) < 4.78 is 7.35. The van der Waals surface area contributed by atoms with Crippen molar-refractivity contribution in [2.75, 3.05) is 0 Å². The number of carbonyl (C=O) groups is 2. The van der Waals surface area contributed by atoms with Gasteiger partial charge < -0.3 is 14.6 Å². The van der Waals surface area contributed by atoms with Crippen LogP contribution in [0.25, 0.3) is 11.3 Å². The van der Waals surface area contributed by atoms with Crippen molar-refractivity contribution in [3.63, 3.8) is 0 Å². The fourth-order valence-corrected chi connectivity index (χ4v) is 5.91. The number of nitrogens with zero attached hydrogens (tertiary/aromatic N) is 1. The summed E-state index contributed by atoms with van der Waals surface area (Å²) in [7, 11) is 0. The first-order valence-corrected chi connectivity index (χ1v) is 13.2. The summed E-state index contributed by atoms with van der Waals surface area (Å²) in [6.45, 7) is 5.79. The van der Waals surface area contributed by atoms with Gasteiger partial charge in [-0.05, 0) is 79.3 Å². The van der Waals surface area contributed by atoms with Crippen LogP contribution in [0.2, 0.25) is 5.02 Å².